The first-order valence-corrected chi connectivity index (χ1v) is 14.0. The second-order valence-corrected chi connectivity index (χ2v) is 11.3. The van der Waals surface area contributed by atoms with Crippen LogP contribution in [-0.2, 0) is 19.6 Å². The molecule has 10 nitrogen and oxygen atoms in total. The number of carbonyl (C=O) groups excluding carboxylic acids is 2. The number of sulfonamides is 1. The van der Waals surface area contributed by atoms with Crippen molar-refractivity contribution in [2.75, 3.05) is 17.8 Å². The number of para-hydroxylation sites is 2. The number of hydrogen-bond acceptors (Lipinski definition) is 8. The molecule has 0 saturated carbocycles. The van der Waals surface area contributed by atoms with Gasteiger partial charge in [-0.15, -0.1) is 13.2 Å². The maximum Gasteiger partial charge on any atom is 0.573 e. The monoisotopic (exact) mass is 595 g/mol. The fraction of sp³-hybridized carbons (Fsp3) is 0.333. The number of aliphatic hydroxyl groups is 1. The number of ketones is 1. The summed E-state index contributed by atoms with van der Waals surface area (Å²) in [6.45, 7) is 1.72. The normalized spacial score (nSPS) is 22.1. The number of allylic oxidation sites excluding steroid dienone is 1. The zero-order valence-electron chi connectivity index (χ0n) is 21.8. The number of nitrogens with zero attached hydrogens (tertiary/aromatic N) is 1. The predicted octanol–water partition coefficient (Wildman–Crippen LogP) is 3.46. The van der Waals surface area contributed by atoms with E-state index in [-0.39, 0.29) is 35.2 Å². The van der Waals surface area contributed by atoms with Crippen LogP contribution >= 0.6 is 0 Å². The van der Waals surface area contributed by atoms with Crippen LogP contribution in [-0.4, -0.2) is 61.2 Å². The quantitative estimate of drug-likeness (QED) is 0.399. The molecule has 0 aromatic heterocycles. The van der Waals surface area contributed by atoms with Crippen LogP contribution < -0.4 is 19.9 Å². The van der Waals surface area contributed by atoms with Crippen LogP contribution in [0.15, 0.2) is 71.7 Å². The van der Waals surface area contributed by atoms with Crippen LogP contribution in [0, 0.1) is 5.92 Å². The third-order valence-electron chi connectivity index (χ3n) is 6.87. The summed E-state index contributed by atoms with van der Waals surface area (Å²) < 4.78 is 76.4. The van der Waals surface area contributed by atoms with E-state index in [4.69, 9.17) is 10.5 Å². The Morgan fingerprint density at radius 3 is 2.27 bits per heavy atom. The summed E-state index contributed by atoms with van der Waals surface area (Å²) in [5, 5.41) is 9.96. The van der Waals surface area contributed by atoms with Gasteiger partial charge in [0.2, 0.25) is 5.91 Å². The molecule has 4 N–H and O–H groups in total. The van der Waals surface area contributed by atoms with Crippen molar-refractivity contribution in [2.45, 2.75) is 37.8 Å². The molecule has 41 heavy (non-hydrogen) atoms. The summed E-state index contributed by atoms with van der Waals surface area (Å²) in [5.41, 5.74) is 3.96. The van der Waals surface area contributed by atoms with Gasteiger partial charge in [-0.2, -0.15) is 0 Å². The molecule has 2 aliphatic rings. The summed E-state index contributed by atoms with van der Waals surface area (Å²) in [6.07, 6.45) is -1.09. The first-order valence-electron chi connectivity index (χ1n) is 12.5. The average molecular weight is 596 g/mol. The first kappa shape index (κ1) is 30.1. The number of likely N-dealkylation sites (tertiary alicyclic amines) is 1. The number of anilines is 1. The number of amides is 1. The molecule has 0 bridgehead atoms. The molecule has 220 valence electrons. The van der Waals surface area contributed by atoms with E-state index in [1.165, 1.54) is 55.5 Å². The Bertz CT molecular complexity index is 1470. The zero-order chi connectivity index (χ0) is 30.0. The summed E-state index contributed by atoms with van der Waals surface area (Å²) in [7, 11) is -4.36. The standard InChI is InChI=1S/C27H28F3N3O7S/c1-17(34)26(33-14-12-18(35)13-15-33)16-21(10-11-22(26)25(31)36)41(37,38)32-23-4-2-3-5-24(23)39-19-6-8-20(9-7-19)40-27(28,29)30/h2-11,16,18,22,32,35H,12-15H2,1H3,(H2,31,36). The first-order chi connectivity index (χ1) is 19.2. The van der Waals surface area contributed by atoms with Crippen molar-refractivity contribution in [1.29, 1.82) is 0 Å². The summed E-state index contributed by atoms with van der Waals surface area (Å²) in [5.74, 6) is -2.76. The topological polar surface area (TPSA) is 148 Å². The number of aliphatic hydroxyl groups excluding tert-OH is 1. The van der Waals surface area contributed by atoms with Crippen LogP contribution in [0.25, 0.3) is 0 Å². The van der Waals surface area contributed by atoms with Crippen molar-refractivity contribution in [3.8, 4) is 17.2 Å². The minimum Gasteiger partial charge on any atom is -0.455 e. The second kappa shape index (κ2) is 11.5. The van der Waals surface area contributed by atoms with Gasteiger partial charge in [-0.05, 0) is 68.3 Å². The number of rotatable bonds is 9. The molecule has 4 rings (SSSR count). The molecule has 0 radical (unpaired) electrons. The number of benzene rings is 2. The largest absolute Gasteiger partial charge is 0.573 e. The molecular weight excluding hydrogens is 567 g/mol. The highest BCUT2D eigenvalue weighted by Gasteiger charge is 2.51. The zero-order valence-corrected chi connectivity index (χ0v) is 22.6. The number of Topliss-reactive ketones (excluding diaryl/α,β-unsaturated/α-hetero) is 1. The van der Waals surface area contributed by atoms with E-state index in [2.05, 4.69) is 9.46 Å². The van der Waals surface area contributed by atoms with Crippen LogP contribution in [0.3, 0.4) is 0 Å². The molecular formula is C27H28F3N3O7S. The molecule has 0 spiro atoms. The van der Waals surface area contributed by atoms with Gasteiger partial charge in [0.1, 0.15) is 17.0 Å². The van der Waals surface area contributed by atoms with Gasteiger partial charge in [0.05, 0.1) is 22.6 Å². The van der Waals surface area contributed by atoms with Crippen molar-refractivity contribution in [1.82, 2.24) is 4.90 Å². The molecule has 2 atom stereocenters. The predicted molar refractivity (Wildman–Crippen MR) is 142 cm³/mol. The Labute approximate surface area is 234 Å². The van der Waals surface area contributed by atoms with Crippen LogP contribution in [0.1, 0.15) is 19.8 Å². The number of halogens is 3. The van der Waals surface area contributed by atoms with Crippen LogP contribution in [0.5, 0.6) is 17.2 Å². The van der Waals surface area contributed by atoms with Crippen molar-refractivity contribution < 1.29 is 45.8 Å². The lowest BCUT2D eigenvalue weighted by molar-refractivity contribution is -0.274. The molecule has 1 heterocycles. The fourth-order valence-corrected chi connectivity index (χ4v) is 6.09. The molecule has 1 fully saturated rings. The van der Waals surface area contributed by atoms with Gasteiger partial charge >= 0.3 is 6.36 Å². The van der Waals surface area contributed by atoms with Crippen molar-refractivity contribution in [3.05, 3.63) is 71.7 Å². The molecule has 2 unspecified atom stereocenters. The Hall–Kier alpha value is -3.88. The smallest absolute Gasteiger partial charge is 0.455 e. The van der Waals surface area contributed by atoms with Gasteiger partial charge in [0.15, 0.2) is 11.5 Å². The van der Waals surface area contributed by atoms with Gasteiger partial charge in [-0.3, -0.25) is 19.2 Å². The highest BCUT2D eigenvalue weighted by Crippen LogP contribution is 2.39. The van der Waals surface area contributed by atoms with E-state index in [0.29, 0.717) is 12.8 Å². The Morgan fingerprint density at radius 2 is 1.68 bits per heavy atom. The van der Waals surface area contributed by atoms with Gasteiger partial charge in [-0.25, -0.2) is 8.42 Å². The molecule has 14 heteroatoms. The molecule has 1 aliphatic heterocycles. The number of nitrogens with two attached hydrogens (primary N) is 1. The van der Waals surface area contributed by atoms with E-state index < -0.39 is 51.4 Å². The van der Waals surface area contributed by atoms with E-state index in [1.54, 1.807) is 11.0 Å². The van der Waals surface area contributed by atoms with E-state index in [1.807, 2.05) is 0 Å². The molecule has 1 aliphatic carbocycles. The van der Waals surface area contributed by atoms with Gasteiger partial charge in [-0.1, -0.05) is 18.2 Å². The minimum atomic E-state index is -4.86. The van der Waals surface area contributed by atoms with Crippen LogP contribution in [0.2, 0.25) is 0 Å². The molecule has 2 aromatic carbocycles. The molecule has 1 amide bonds. The number of hydrogen-bond donors (Lipinski definition) is 3. The van der Waals surface area contributed by atoms with Crippen LogP contribution in [0.4, 0.5) is 18.9 Å². The third kappa shape index (κ3) is 6.72. The number of primary amides is 1. The third-order valence-corrected chi connectivity index (χ3v) is 8.24. The minimum absolute atomic E-state index is 0.00367. The maximum absolute atomic E-state index is 13.6. The van der Waals surface area contributed by atoms with Gasteiger partial charge < -0.3 is 20.3 Å². The highest BCUT2D eigenvalue weighted by atomic mass is 32.2. The number of carbonyl (C=O) groups is 2. The van der Waals surface area contributed by atoms with E-state index in [9.17, 15) is 36.3 Å². The number of nitrogens with one attached hydrogen (secondary N) is 1. The van der Waals surface area contributed by atoms with Gasteiger partial charge in [0, 0.05) is 13.1 Å². The SMILES string of the molecule is CC(=O)C1(N2CCC(O)CC2)C=C(S(=O)(=O)Nc2ccccc2Oc2ccc(OC(F)(F)F)cc2)C=CC1C(N)=O. The fourth-order valence-electron chi connectivity index (χ4n) is 4.92. The summed E-state index contributed by atoms with van der Waals surface area (Å²) in [4.78, 5) is 26.9. The summed E-state index contributed by atoms with van der Waals surface area (Å²) in [6, 6.07) is 10.5. The Morgan fingerprint density at radius 1 is 1.07 bits per heavy atom. The van der Waals surface area contributed by atoms with Crippen molar-refractivity contribution >= 4 is 27.4 Å². The van der Waals surface area contributed by atoms with Gasteiger partial charge in [0.25, 0.3) is 10.0 Å². The number of piperidine rings is 1. The lowest BCUT2D eigenvalue weighted by atomic mass is 9.74. The van der Waals surface area contributed by atoms with E-state index in [0.717, 1.165) is 12.1 Å². The number of ether oxygens (including phenoxy) is 2. The number of alkyl halides is 3. The highest BCUT2D eigenvalue weighted by molar-refractivity contribution is 7.96. The lowest BCUT2D eigenvalue weighted by Crippen LogP contribution is -2.63. The maximum atomic E-state index is 13.6. The molecule has 2 aromatic rings. The average Bonchev–Trinajstić information content (AvgIpc) is 2.89. The Kier molecular flexibility index (Phi) is 8.47. The second-order valence-electron chi connectivity index (χ2n) is 9.61. The summed E-state index contributed by atoms with van der Waals surface area (Å²) >= 11 is 0. The Balaban J connectivity index is 1.63. The lowest BCUT2D eigenvalue weighted by Gasteiger charge is -2.47. The molecule has 1 saturated heterocycles. The van der Waals surface area contributed by atoms with Crippen molar-refractivity contribution in [3.63, 3.8) is 0 Å². The van der Waals surface area contributed by atoms with E-state index >= 15 is 0 Å². The van der Waals surface area contributed by atoms with Crippen molar-refractivity contribution in [2.24, 2.45) is 11.7 Å².